The van der Waals surface area contributed by atoms with Crippen molar-refractivity contribution in [2.24, 2.45) is 5.92 Å². The van der Waals surface area contributed by atoms with Gasteiger partial charge in [0.2, 0.25) is 0 Å². The van der Waals surface area contributed by atoms with Gasteiger partial charge in [0.05, 0.1) is 12.5 Å². The minimum absolute atomic E-state index is 0.00434. The molecule has 0 saturated carbocycles. The van der Waals surface area contributed by atoms with E-state index in [2.05, 4.69) is 0 Å². The Morgan fingerprint density at radius 2 is 1.96 bits per heavy atom. The zero-order valence-electron chi connectivity index (χ0n) is 15.2. The molecule has 0 fully saturated rings. The molecule has 132 valence electrons. The summed E-state index contributed by atoms with van der Waals surface area (Å²) in [5, 5.41) is 9.05. The first-order valence-corrected chi connectivity index (χ1v) is 8.39. The van der Waals surface area contributed by atoms with E-state index in [0.717, 1.165) is 16.7 Å². The second kappa shape index (κ2) is 9.38. The van der Waals surface area contributed by atoms with E-state index in [-0.39, 0.29) is 36.6 Å². The molecule has 3 atom stereocenters. The van der Waals surface area contributed by atoms with Crippen molar-refractivity contribution in [3.8, 4) is 0 Å². The van der Waals surface area contributed by atoms with Crippen molar-refractivity contribution in [1.82, 2.24) is 0 Å². The van der Waals surface area contributed by atoms with E-state index >= 15 is 0 Å². The second-order valence-electron chi connectivity index (χ2n) is 6.21. The zero-order valence-corrected chi connectivity index (χ0v) is 15.2. The lowest BCUT2D eigenvalue weighted by atomic mass is 9.83. The van der Waals surface area contributed by atoms with Crippen molar-refractivity contribution >= 4 is 17.8 Å². The molecule has 0 radical (unpaired) electrons. The Hall–Kier alpha value is -1.94. The van der Waals surface area contributed by atoms with Gasteiger partial charge in [-0.1, -0.05) is 56.7 Å². The summed E-state index contributed by atoms with van der Waals surface area (Å²) in [5.41, 5.74) is 3.06. The highest BCUT2D eigenvalue weighted by molar-refractivity contribution is 5.79. The summed E-state index contributed by atoms with van der Waals surface area (Å²) in [6.07, 6.45) is 3.29. The summed E-state index contributed by atoms with van der Waals surface area (Å²) in [6, 6.07) is 6.02. The number of ketones is 1. The molecule has 0 aliphatic heterocycles. The first-order valence-electron chi connectivity index (χ1n) is 8.39. The first-order chi connectivity index (χ1) is 11.3. The fourth-order valence-electron chi connectivity index (χ4n) is 2.71. The van der Waals surface area contributed by atoms with Crippen LogP contribution in [-0.4, -0.2) is 29.6 Å². The summed E-state index contributed by atoms with van der Waals surface area (Å²) >= 11 is 0. The van der Waals surface area contributed by atoms with Crippen LogP contribution in [0, 0.1) is 12.8 Å². The molecule has 1 aromatic carbocycles. The molecule has 0 bridgehead atoms. The molecule has 1 aromatic rings. The number of hydrogen-bond donors (Lipinski definition) is 1. The number of benzene rings is 1. The van der Waals surface area contributed by atoms with Gasteiger partial charge in [0.15, 0.2) is 0 Å². The Kier molecular flexibility index (Phi) is 7.86. The predicted octanol–water partition coefficient (Wildman–Crippen LogP) is 3.65. The van der Waals surface area contributed by atoms with Crippen LogP contribution in [0.2, 0.25) is 0 Å². The molecular formula is C20H28O4. The maximum Gasteiger partial charge on any atom is 0.305 e. The number of aryl methyl sites for hydroxylation is 1. The zero-order chi connectivity index (χ0) is 18.3. The molecule has 0 aromatic heterocycles. The van der Waals surface area contributed by atoms with Gasteiger partial charge in [0, 0.05) is 12.3 Å². The van der Waals surface area contributed by atoms with Gasteiger partial charge < -0.3 is 9.84 Å². The van der Waals surface area contributed by atoms with Crippen LogP contribution in [0.15, 0.2) is 24.3 Å². The standard InChI is InChI=1S/C20H28O4/c1-6-19(23)24-20(14(3)16(5)22)15(4)18-10-9-13(2)12-17(18)8-7-11-21/h7-10,12,14-15,20-21H,6,11H2,1-5H3/t14-,15+,20-/m0/s1. The van der Waals surface area contributed by atoms with Gasteiger partial charge in [-0.25, -0.2) is 0 Å². The van der Waals surface area contributed by atoms with Crippen LogP contribution in [0.25, 0.3) is 6.08 Å². The lowest BCUT2D eigenvalue weighted by Gasteiger charge is -2.29. The molecule has 0 heterocycles. The van der Waals surface area contributed by atoms with Crippen LogP contribution in [0.5, 0.6) is 0 Å². The Bertz CT molecular complexity index is 604. The molecule has 0 unspecified atom stereocenters. The first kappa shape index (κ1) is 20.1. The fraction of sp³-hybridized carbons (Fsp3) is 0.500. The van der Waals surface area contributed by atoms with Crippen molar-refractivity contribution in [2.45, 2.75) is 53.1 Å². The van der Waals surface area contributed by atoms with Crippen LogP contribution >= 0.6 is 0 Å². The average Bonchev–Trinajstić information content (AvgIpc) is 2.56. The van der Waals surface area contributed by atoms with E-state index in [1.165, 1.54) is 6.92 Å². The highest BCUT2D eigenvalue weighted by Crippen LogP contribution is 2.31. The molecule has 1 rings (SSSR count). The van der Waals surface area contributed by atoms with E-state index in [0.29, 0.717) is 0 Å². The number of Topliss-reactive ketones (excluding diaryl/α,β-unsaturated/α-hetero) is 1. The van der Waals surface area contributed by atoms with Gasteiger partial charge in [-0.15, -0.1) is 0 Å². The predicted molar refractivity (Wildman–Crippen MR) is 95.7 cm³/mol. The summed E-state index contributed by atoms with van der Waals surface area (Å²) < 4.78 is 5.60. The summed E-state index contributed by atoms with van der Waals surface area (Å²) in [5.74, 6) is -0.834. The second-order valence-corrected chi connectivity index (χ2v) is 6.21. The quantitative estimate of drug-likeness (QED) is 0.738. The topological polar surface area (TPSA) is 63.6 Å². The lowest BCUT2D eigenvalue weighted by Crippen LogP contribution is -2.34. The Labute approximate surface area is 144 Å². The molecular weight excluding hydrogens is 304 g/mol. The van der Waals surface area contributed by atoms with E-state index in [1.54, 1.807) is 19.9 Å². The Balaban J connectivity index is 3.26. The van der Waals surface area contributed by atoms with Crippen LogP contribution in [0.4, 0.5) is 0 Å². The molecule has 4 heteroatoms. The molecule has 0 aliphatic carbocycles. The number of carbonyl (C=O) groups is 2. The van der Waals surface area contributed by atoms with Crippen LogP contribution in [0.1, 0.15) is 56.7 Å². The lowest BCUT2D eigenvalue weighted by molar-refractivity contribution is -0.154. The van der Waals surface area contributed by atoms with Gasteiger partial charge in [-0.3, -0.25) is 9.59 Å². The maximum atomic E-state index is 11.9. The van der Waals surface area contributed by atoms with Gasteiger partial charge in [0.25, 0.3) is 0 Å². The third-order valence-electron chi connectivity index (χ3n) is 4.32. The minimum Gasteiger partial charge on any atom is -0.461 e. The Morgan fingerprint density at radius 3 is 2.50 bits per heavy atom. The van der Waals surface area contributed by atoms with Crippen molar-refractivity contribution < 1.29 is 19.4 Å². The van der Waals surface area contributed by atoms with Gasteiger partial charge in [-0.2, -0.15) is 0 Å². The number of aliphatic hydroxyl groups excluding tert-OH is 1. The minimum atomic E-state index is -0.515. The normalized spacial score (nSPS) is 15.1. The van der Waals surface area contributed by atoms with E-state index in [9.17, 15) is 9.59 Å². The number of ether oxygens (including phenoxy) is 1. The van der Waals surface area contributed by atoms with Gasteiger partial charge in [-0.05, 0) is 25.0 Å². The average molecular weight is 332 g/mol. The largest absolute Gasteiger partial charge is 0.461 e. The molecule has 1 N–H and O–H groups in total. The highest BCUT2D eigenvalue weighted by Gasteiger charge is 2.31. The fourth-order valence-corrected chi connectivity index (χ4v) is 2.71. The van der Waals surface area contributed by atoms with Crippen LogP contribution < -0.4 is 0 Å². The van der Waals surface area contributed by atoms with Gasteiger partial charge >= 0.3 is 5.97 Å². The van der Waals surface area contributed by atoms with Crippen LogP contribution in [0.3, 0.4) is 0 Å². The van der Waals surface area contributed by atoms with Crippen molar-refractivity contribution in [2.75, 3.05) is 6.61 Å². The molecule has 0 saturated heterocycles. The van der Waals surface area contributed by atoms with E-state index in [1.807, 2.05) is 38.1 Å². The smallest absolute Gasteiger partial charge is 0.305 e. The summed E-state index contributed by atoms with van der Waals surface area (Å²) in [4.78, 5) is 23.7. The number of carbonyl (C=O) groups excluding carboxylic acids is 2. The molecule has 0 aliphatic rings. The number of hydrogen-bond acceptors (Lipinski definition) is 4. The van der Waals surface area contributed by atoms with Crippen LogP contribution in [-0.2, 0) is 14.3 Å². The number of esters is 1. The van der Waals surface area contributed by atoms with Crippen molar-refractivity contribution in [3.63, 3.8) is 0 Å². The molecule has 0 amide bonds. The Morgan fingerprint density at radius 1 is 1.29 bits per heavy atom. The van der Waals surface area contributed by atoms with Crippen molar-refractivity contribution in [1.29, 1.82) is 0 Å². The highest BCUT2D eigenvalue weighted by atomic mass is 16.5. The summed E-state index contributed by atoms with van der Waals surface area (Å²) in [7, 11) is 0. The molecule has 4 nitrogen and oxygen atoms in total. The third-order valence-corrected chi connectivity index (χ3v) is 4.32. The molecule has 0 spiro atoms. The van der Waals surface area contributed by atoms with E-state index in [4.69, 9.17) is 9.84 Å². The van der Waals surface area contributed by atoms with Gasteiger partial charge in [0.1, 0.15) is 11.9 Å². The monoisotopic (exact) mass is 332 g/mol. The third kappa shape index (κ3) is 5.31. The van der Waals surface area contributed by atoms with E-state index < -0.39 is 6.10 Å². The summed E-state index contributed by atoms with van der Waals surface area (Å²) in [6.45, 7) is 8.98. The maximum absolute atomic E-state index is 11.9. The number of rotatable bonds is 8. The van der Waals surface area contributed by atoms with Crippen molar-refractivity contribution in [3.05, 3.63) is 41.0 Å². The molecule has 24 heavy (non-hydrogen) atoms. The number of aliphatic hydroxyl groups is 1. The SMILES string of the molecule is CCC(=O)O[C@H]([C@H](C)c1ccc(C)cc1C=CCO)[C@@H](C)C(C)=O.